The summed E-state index contributed by atoms with van der Waals surface area (Å²) in [7, 11) is 0. The van der Waals surface area contributed by atoms with Gasteiger partial charge in [0.1, 0.15) is 5.75 Å². The molecule has 104 valence electrons. The number of likely N-dealkylation sites (N-methyl/N-ethyl adjacent to an activating group) is 1. The van der Waals surface area contributed by atoms with Crippen molar-refractivity contribution in [3.05, 3.63) is 28.2 Å². The molecule has 1 aliphatic heterocycles. The first-order valence-corrected chi connectivity index (χ1v) is 7.42. The van der Waals surface area contributed by atoms with Crippen LogP contribution in [0.1, 0.15) is 30.1 Å². The molecule has 1 aromatic rings. The normalized spacial score (nSPS) is 19.6. The van der Waals surface area contributed by atoms with Crippen molar-refractivity contribution < 1.29 is 9.90 Å². The third-order valence-corrected chi connectivity index (χ3v) is 4.10. The summed E-state index contributed by atoms with van der Waals surface area (Å²) in [5.74, 6) is -0.210. The second-order valence-corrected chi connectivity index (χ2v) is 5.71. The average molecular weight is 327 g/mol. The maximum absolute atomic E-state index is 12.0. The largest absolute Gasteiger partial charge is 0.507 e. The van der Waals surface area contributed by atoms with Crippen LogP contribution in [-0.2, 0) is 0 Å². The number of carbonyl (C=O) groups is 1. The molecule has 1 unspecified atom stereocenters. The fraction of sp³-hybridized carbons (Fsp3) is 0.500. The van der Waals surface area contributed by atoms with E-state index in [2.05, 4.69) is 33.1 Å². The van der Waals surface area contributed by atoms with Crippen LogP contribution in [0.25, 0.3) is 0 Å². The van der Waals surface area contributed by atoms with E-state index in [4.69, 9.17) is 0 Å². The number of hydrogen-bond donors (Lipinski definition) is 2. The third kappa shape index (κ3) is 3.48. The molecule has 1 heterocycles. The molecule has 19 heavy (non-hydrogen) atoms. The first kappa shape index (κ1) is 14.3. The second-order valence-electron chi connectivity index (χ2n) is 4.80. The maximum Gasteiger partial charge on any atom is 0.255 e. The van der Waals surface area contributed by atoms with Crippen LogP contribution in [0.5, 0.6) is 5.75 Å². The van der Waals surface area contributed by atoms with Gasteiger partial charge < -0.3 is 10.4 Å². The summed E-state index contributed by atoms with van der Waals surface area (Å²) in [6.07, 6.45) is 2.32. The van der Waals surface area contributed by atoms with E-state index < -0.39 is 0 Å². The van der Waals surface area contributed by atoms with Crippen molar-refractivity contribution >= 4 is 21.8 Å². The Bertz CT molecular complexity index is 465. The molecule has 1 fully saturated rings. The van der Waals surface area contributed by atoms with Crippen molar-refractivity contribution in [1.82, 2.24) is 10.2 Å². The number of phenols is 1. The molecule has 1 saturated heterocycles. The fourth-order valence-corrected chi connectivity index (χ4v) is 2.89. The zero-order valence-corrected chi connectivity index (χ0v) is 12.6. The van der Waals surface area contributed by atoms with Gasteiger partial charge in [0.2, 0.25) is 0 Å². The van der Waals surface area contributed by atoms with E-state index in [1.165, 1.54) is 12.5 Å². The standard InChI is InChI=1S/C14H19BrN2O2/c1-2-17-7-3-4-11(17)9-16-14(19)12-6-5-10(15)8-13(12)18/h5-6,8,11,18H,2-4,7,9H2,1H3,(H,16,19). The van der Waals surface area contributed by atoms with Gasteiger partial charge in [0, 0.05) is 17.1 Å². The van der Waals surface area contributed by atoms with Crippen LogP contribution in [-0.4, -0.2) is 41.6 Å². The molecular weight excluding hydrogens is 308 g/mol. The molecule has 0 saturated carbocycles. The zero-order chi connectivity index (χ0) is 13.8. The molecular formula is C14H19BrN2O2. The lowest BCUT2D eigenvalue weighted by atomic mass is 10.1. The van der Waals surface area contributed by atoms with Crippen molar-refractivity contribution in [3.63, 3.8) is 0 Å². The Morgan fingerprint density at radius 2 is 2.37 bits per heavy atom. The quantitative estimate of drug-likeness (QED) is 0.893. The third-order valence-electron chi connectivity index (χ3n) is 3.61. The van der Waals surface area contributed by atoms with Crippen LogP contribution in [0.2, 0.25) is 0 Å². The molecule has 1 aliphatic rings. The highest BCUT2D eigenvalue weighted by Crippen LogP contribution is 2.22. The summed E-state index contributed by atoms with van der Waals surface area (Å²) in [4.78, 5) is 14.4. The number of halogens is 1. The lowest BCUT2D eigenvalue weighted by molar-refractivity contribution is 0.0938. The van der Waals surface area contributed by atoms with Gasteiger partial charge in [0.25, 0.3) is 5.91 Å². The molecule has 1 aromatic carbocycles. The number of aromatic hydroxyl groups is 1. The van der Waals surface area contributed by atoms with Gasteiger partial charge >= 0.3 is 0 Å². The molecule has 5 heteroatoms. The topological polar surface area (TPSA) is 52.6 Å². The van der Waals surface area contributed by atoms with Crippen molar-refractivity contribution in [2.24, 2.45) is 0 Å². The Morgan fingerprint density at radius 3 is 3.05 bits per heavy atom. The van der Waals surface area contributed by atoms with Crippen molar-refractivity contribution in [1.29, 1.82) is 0 Å². The first-order valence-electron chi connectivity index (χ1n) is 6.62. The number of nitrogens with zero attached hydrogens (tertiary/aromatic N) is 1. The highest BCUT2D eigenvalue weighted by atomic mass is 79.9. The Labute approximate surface area is 121 Å². The van der Waals surface area contributed by atoms with Crippen LogP contribution in [0, 0.1) is 0 Å². The van der Waals surface area contributed by atoms with E-state index in [0.29, 0.717) is 18.2 Å². The van der Waals surface area contributed by atoms with Crippen LogP contribution >= 0.6 is 15.9 Å². The molecule has 2 N–H and O–H groups in total. The minimum Gasteiger partial charge on any atom is -0.507 e. The lowest BCUT2D eigenvalue weighted by Gasteiger charge is -2.22. The van der Waals surface area contributed by atoms with E-state index in [1.54, 1.807) is 12.1 Å². The van der Waals surface area contributed by atoms with Crippen molar-refractivity contribution in [2.75, 3.05) is 19.6 Å². The summed E-state index contributed by atoms with van der Waals surface area (Å²) >= 11 is 3.26. The maximum atomic E-state index is 12.0. The van der Waals surface area contributed by atoms with Gasteiger partial charge in [-0.05, 0) is 44.1 Å². The molecule has 0 spiro atoms. The number of likely N-dealkylation sites (tertiary alicyclic amines) is 1. The Hall–Kier alpha value is -1.07. The van der Waals surface area contributed by atoms with Gasteiger partial charge in [-0.15, -0.1) is 0 Å². The number of nitrogens with one attached hydrogen (secondary N) is 1. The first-order chi connectivity index (χ1) is 9.11. The van der Waals surface area contributed by atoms with E-state index in [9.17, 15) is 9.90 Å². The van der Waals surface area contributed by atoms with E-state index in [-0.39, 0.29) is 11.7 Å². The highest BCUT2D eigenvalue weighted by Gasteiger charge is 2.23. The number of amides is 1. The van der Waals surface area contributed by atoms with E-state index >= 15 is 0 Å². The van der Waals surface area contributed by atoms with Gasteiger partial charge in [-0.3, -0.25) is 9.69 Å². The predicted octanol–water partition coefficient (Wildman–Crippen LogP) is 2.37. The zero-order valence-electron chi connectivity index (χ0n) is 11.0. The Balaban J connectivity index is 1.94. The van der Waals surface area contributed by atoms with Gasteiger partial charge in [-0.2, -0.15) is 0 Å². The predicted molar refractivity (Wildman–Crippen MR) is 78.4 cm³/mol. The lowest BCUT2D eigenvalue weighted by Crippen LogP contribution is -2.40. The van der Waals surface area contributed by atoms with Gasteiger partial charge in [0.15, 0.2) is 0 Å². The van der Waals surface area contributed by atoms with Gasteiger partial charge in [-0.1, -0.05) is 22.9 Å². The number of phenolic OH excluding ortho intramolecular Hbond substituents is 1. The second kappa shape index (κ2) is 6.39. The van der Waals surface area contributed by atoms with Crippen molar-refractivity contribution in [3.8, 4) is 5.75 Å². The summed E-state index contributed by atoms with van der Waals surface area (Å²) in [5, 5.41) is 12.7. The number of hydrogen-bond acceptors (Lipinski definition) is 3. The van der Waals surface area contributed by atoms with Crippen LogP contribution in [0.3, 0.4) is 0 Å². The molecule has 0 aromatic heterocycles. The average Bonchev–Trinajstić information content (AvgIpc) is 2.83. The molecule has 0 radical (unpaired) electrons. The number of rotatable bonds is 4. The molecule has 1 atom stereocenters. The molecule has 1 amide bonds. The summed E-state index contributed by atoms with van der Waals surface area (Å²) < 4.78 is 0.759. The number of benzene rings is 1. The van der Waals surface area contributed by atoms with E-state index in [0.717, 1.165) is 24.0 Å². The fourth-order valence-electron chi connectivity index (χ4n) is 2.55. The SMILES string of the molecule is CCN1CCCC1CNC(=O)c1ccc(Br)cc1O. The van der Waals surface area contributed by atoms with E-state index in [1.807, 2.05) is 0 Å². The monoisotopic (exact) mass is 326 g/mol. The Kier molecular flexibility index (Phi) is 4.82. The Morgan fingerprint density at radius 1 is 1.58 bits per heavy atom. The summed E-state index contributed by atoms with van der Waals surface area (Å²) in [5.41, 5.74) is 0.323. The van der Waals surface area contributed by atoms with Gasteiger partial charge in [0.05, 0.1) is 5.56 Å². The number of carbonyl (C=O) groups excluding carboxylic acids is 1. The van der Waals surface area contributed by atoms with Crippen molar-refractivity contribution in [2.45, 2.75) is 25.8 Å². The van der Waals surface area contributed by atoms with Crippen LogP contribution in [0.15, 0.2) is 22.7 Å². The minimum atomic E-state index is -0.215. The van der Waals surface area contributed by atoms with Gasteiger partial charge in [-0.25, -0.2) is 0 Å². The molecule has 4 nitrogen and oxygen atoms in total. The smallest absolute Gasteiger partial charge is 0.255 e. The summed E-state index contributed by atoms with van der Waals surface area (Å²) in [6, 6.07) is 5.33. The van der Waals surface area contributed by atoms with Crippen LogP contribution in [0.4, 0.5) is 0 Å². The van der Waals surface area contributed by atoms with Crippen LogP contribution < -0.4 is 5.32 Å². The minimum absolute atomic E-state index is 0.00523. The summed E-state index contributed by atoms with van der Waals surface area (Å²) in [6.45, 7) is 4.91. The highest BCUT2D eigenvalue weighted by molar-refractivity contribution is 9.10. The molecule has 0 aliphatic carbocycles. The molecule has 2 rings (SSSR count). The molecule has 0 bridgehead atoms.